The van der Waals surface area contributed by atoms with Gasteiger partial charge in [-0.2, -0.15) is 0 Å². The molecule has 4 heteroatoms. The average Bonchev–Trinajstić information content (AvgIpc) is 2.81. The van der Waals surface area contributed by atoms with Gasteiger partial charge in [-0.05, 0) is 25.5 Å². The number of halogens is 1. The van der Waals surface area contributed by atoms with Gasteiger partial charge in [-0.3, -0.25) is 4.79 Å². The van der Waals surface area contributed by atoms with E-state index in [1.807, 2.05) is 18.0 Å². The molecule has 1 fully saturated rings. The summed E-state index contributed by atoms with van der Waals surface area (Å²) in [5.74, 6) is 0.432. The van der Waals surface area contributed by atoms with Crippen molar-refractivity contribution < 1.29 is 4.79 Å². The highest BCUT2D eigenvalue weighted by Gasteiger charge is 2.25. The van der Waals surface area contributed by atoms with Crippen molar-refractivity contribution in [3.05, 3.63) is 35.4 Å². The number of carbonyl (C=O) groups is 1. The van der Waals surface area contributed by atoms with Crippen molar-refractivity contribution in [2.45, 2.75) is 19.9 Å². The van der Waals surface area contributed by atoms with Gasteiger partial charge in [0.1, 0.15) is 0 Å². The second-order valence-electron chi connectivity index (χ2n) is 4.87. The second-order valence-corrected chi connectivity index (χ2v) is 4.87. The van der Waals surface area contributed by atoms with Gasteiger partial charge in [0, 0.05) is 20.1 Å². The molecule has 0 aromatic heterocycles. The molecule has 1 aliphatic heterocycles. The van der Waals surface area contributed by atoms with Crippen molar-refractivity contribution >= 4 is 18.3 Å². The van der Waals surface area contributed by atoms with E-state index in [9.17, 15) is 4.79 Å². The molecule has 0 bridgehead atoms. The highest BCUT2D eigenvalue weighted by molar-refractivity contribution is 5.85. The summed E-state index contributed by atoms with van der Waals surface area (Å²) in [5.41, 5.74) is 2.44. The van der Waals surface area contributed by atoms with E-state index in [1.165, 1.54) is 11.1 Å². The maximum Gasteiger partial charge on any atom is 0.227 e. The Labute approximate surface area is 115 Å². The fraction of sp³-hybridized carbons (Fsp3) is 0.500. The first-order valence-electron chi connectivity index (χ1n) is 6.18. The van der Waals surface area contributed by atoms with Crippen LogP contribution >= 0.6 is 12.4 Å². The first kappa shape index (κ1) is 15.0. The smallest absolute Gasteiger partial charge is 0.227 e. The minimum absolute atomic E-state index is 0. The lowest BCUT2D eigenvalue weighted by atomic mass is 10.1. The van der Waals surface area contributed by atoms with Crippen LogP contribution in [0, 0.1) is 12.8 Å². The summed E-state index contributed by atoms with van der Waals surface area (Å²) in [6.07, 6.45) is 0.969. The number of aryl methyl sites for hydroxylation is 1. The minimum atomic E-state index is 0. The van der Waals surface area contributed by atoms with Crippen LogP contribution in [0.2, 0.25) is 0 Å². The maximum absolute atomic E-state index is 12.1. The molecular weight excluding hydrogens is 248 g/mol. The molecule has 3 nitrogen and oxygen atoms in total. The van der Waals surface area contributed by atoms with Crippen LogP contribution in [-0.2, 0) is 11.3 Å². The van der Waals surface area contributed by atoms with E-state index >= 15 is 0 Å². The lowest BCUT2D eigenvalue weighted by Gasteiger charge is -2.20. The summed E-state index contributed by atoms with van der Waals surface area (Å²) < 4.78 is 0. The average molecular weight is 269 g/mol. The van der Waals surface area contributed by atoms with Gasteiger partial charge in [-0.25, -0.2) is 0 Å². The highest BCUT2D eigenvalue weighted by atomic mass is 35.5. The van der Waals surface area contributed by atoms with Crippen molar-refractivity contribution in [2.24, 2.45) is 5.92 Å². The molecule has 2 rings (SSSR count). The van der Waals surface area contributed by atoms with Crippen molar-refractivity contribution in [1.29, 1.82) is 0 Å². The summed E-state index contributed by atoms with van der Waals surface area (Å²) in [6.45, 7) is 4.58. The van der Waals surface area contributed by atoms with Crippen LogP contribution in [0.25, 0.3) is 0 Å². The van der Waals surface area contributed by atoms with Crippen molar-refractivity contribution in [2.75, 3.05) is 20.1 Å². The van der Waals surface area contributed by atoms with Crippen LogP contribution in [0.5, 0.6) is 0 Å². The van der Waals surface area contributed by atoms with Gasteiger partial charge in [0.25, 0.3) is 0 Å². The monoisotopic (exact) mass is 268 g/mol. The quantitative estimate of drug-likeness (QED) is 0.909. The second kappa shape index (κ2) is 6.76. The summed E-state index contributed by atoms with van der Waals surface area (Å²) in [4.78, 5) is 14.0. The molecule has 0 radical (unpaired) electrons. The van der Waals surface area contributed by atoms with E-state index in [0.29, 0.717) is 6.54 Å². The topological polar surface area (TPSA) is 32.3 Å². The molecule has 0 aliphatic carbocycles. The van der Waals surface area contributed by atoms with E-state index < -0.39 is 0 Å². The molecule has 1 aromatic carbocycles. The van der Waals surface area contributed by atoms with Crippen LogP contribution in [0.4, 0.5) is 0 Å². The van der Waals surface area contributed by atoms with E-state index in [0.717, 1.165) is 19.5 Å². The zero-order valence-corrected chi connectivity index (χ0v) is 11.8. The molecule has 1 N–H and O–H groups in total. The largest absolute Gasteiger partial charge is 0.341 e. The van der Waals surface area contributed by atoms with Gasteiger partial charge in [0.15, 0.2) is 0 Å². The number of carbonyl (C=O) groups excluding carboxylic acids is 1. The third kappa shape index (κ3) is 3.72. The van der Waals surface area contributed by atoms with Gasteiger partial charge in [0.2, 0.25) is 5.91 Å². The number of hydrogen-bond donors (Lipinski definition) is 1. The summed E-state index contributed by atoms with van der Waals surface area (Å²) >= 11 is 0. The van der Waals surface area contributed by atoms with Crippen molar-refractivity contribution in [1.82, 2.24) is 10.2 Å². The molecule has 0 spiro atoms. The SMILES string of the molecule is Cc1cccc(CN(C)C(=O)C2CCNC2)c1.Cl. The number of nitrogens with one attached hydrogen (secondary N) is 1. The van der Waals surface area contributed by atoms with Crippen LogP contribution in [0.15, 0.2) is 24.3 Å². The molecule has 1 aliphatic rings. The molecule has 18 heavy (non-hydrogen) atoms. The lowest BCUT2D eigenvalue weighted by molar-refractivity contribution is -0.134. The number of amides is 1. The van der Waals surface area contributed by atoms with Crippen molar-refractivity contribution in [3.8, 4) is 0 Å². The normalized spacial score (nSPS) is 18.2. The minimum Gasteiger partial charge on any atom is -0.341 e. The Morgan fingerprint density at radius 2 is 2.28 bits per heavy atom. The van der Waals surface area contributed by atoms with E-state index in [-0.39, 0.29) is 24.2 Å². The highest BCUT2D eigenvalue weighted by Crippen LogP contribution is 2.13. The van der Waals surface area contributed by atoms with Gasteiger partial charge in [-0.15, -0.1) is 12.4 Å². The van der Waals surface area contributed by atoms with E-state index in [1.54, 1.807) is 0 Å². The summed E-state index contributed by atoms with van der Waals surface area (Å²) in [7, 11) is 1.89. The fourth-order valence-electron chi connectivity index (χ4n) is 2.34. The Hall–Kier alpha value is -1.06. The standard InChI is InChI=1S/C14H20N2O.ClH/c1-11-4-3-5-12(8-11)10-16(2)14(17)13-6-7-15-9-13;/h3-5,8,13,15H,6-7,9-10H2,1-2H3;1H. The molecule has 0 saturated carbocycles. The zero-order chi connectivity index (χ0) is 12.3. The third-order valence-electron chi connectivity index (χ3n) is 3.29. The lowest BCUT2D eigenvalue weighted by Crippen LogP contribution is -2.33. The predicted octanol–water partition coefficient (Wildman–Crippen LogP) is 1.98. The van der Waals surface area contributed by atoms with Gasteiger partial charge in [-0.1, -0.05) is 29.8 Å². The molecule has 1 atom stereocenters. The third-order valence-corrected chi connectivity index (χ3v) is 3.29. The Balaban J connectivity index is 0.00000162. The number of nitrogens with zero attached hydrogens (tertiary/aromatic N) is 1. The first-order valence-corrected chi connectivity index (χ1v) is 6.18. The molecule has 1 heterocycles. The summed E-state index contributed by atoms with van der Waals surface area (Å²) in [6, 6.07) is 8.33. The number of rotatable bonds is 3. The molecule has 1 unspecified atom stereocenters. The van der Waals surface area contributed by atoms with Gasteiger partial charge < -0.3 is 10.2 Å². The van der Waals surface area contributed by atoms with Crippen LogP contribution in [0.1, 0.15) is 17.5 Å². The Kier molecular flexibility index (Phi) is 5.63. The Morgan fingerprint density at radius 3 is 2.89 bits per heavy atom. The van der Waals surface area contributed by atoms with E-state index in [4.69, 9.17) is 0 Å². The fourth-order valence-corrected chi connectivity index (χ4v) is 2.34. The van der Waals surface area contributed by atoms with Gasteiger partial charge >= 0.3 is 0 Å². The van der Waals surface area contributed by atoms with Crippen LogP contribution in [0.3, 0.4) is 0 Å². The van der Waals surface area contributed by atoms with Crippen molar-refractivity contribution in [3.63, 3.8) is 0 Å². The first-order chi connectivity index (χ1) is 8.16. The van der Waals surface area contributed by atoms with Crippen LogP contribution < -0.4 is 5.32 Å². The van der Waals surface area contributed by atoms with E-state index in [2.05, 4.69) is 30.4 Å². The Bertz CT molecular complexity index is 403. The van der Waals surface area contributed by atoms with Crippen LogP contribution in [-0.4, -0.2) is 30.9 Å². The van der Waals surface area contributed by atoms with Gasteiger partial charge in [0.05, 0.1) is 5.92 Å². The molecule has 1 aromatic rings. The Morgan fingerprint density at radius 1 is 1.50 bits per heavy atom. The number of hydrogen-bond acceptors (Lipinski definition) is 2. The number of benzene rings is 1. The zero-order valence-electron chi connectivity index (χ0n) is 11.0. The molecular formula is C14H21ClN2O. The predicted molar refractivity (Wildman–Crippen MR) is 75.9 cm³/mol. The molecule has 1 amide bonds. The molecule has 1 saturated heterocycles. The maximum atomic E-state index is 12.1. The molecule has 100 valence electrons. The summed E-state index contributed by atoms with van der Waals surface area (Å²) in [5, 5.41) is 3.23.